The van der Waals surface area contributed by atoms with E-state index in [-0.39, 0.29) is 12.3 Å². The second-order valence-corrected chi connectivity index (χ2v) is 11.4. The fourth-order valence-corrected chi connectivity index (χ4v) is 5.78. The first-order chi connectivity index (χ1) is 18.2. The van der Waals surface area contributed by atoms with E-state index in [0.717, 1.165) is 0 Å². The van der Waals surface area contributed by atoms with Crippen LogP contribution in [0.1, 0.15) is 27.2 Å². The van der Waals surface area contributed by atoms with Gasteiger partial charge >= 0.3 is 6.09 Å². The van der Waals surface area contributed by atoms with Crippen molar-refractivity contribution in [1.82, 2.24) is 5.32 Å². The lowest BCUT2D eigenvalue weighted by Crippen LogP contribution is -2.49. The van der Waals surface area contributed by atoms with E-state index in [1.54, 1.807) is 106 Å². The summed E-state index contributed by atoms with van der Waals surface area (Å²) >= 11 is 0. The molecule has 8 nitrogen and oxygen atoms in total. The topological polar surface area (TPSA) is 111 Å². The maximum atomic E-state index is 14.0. The molecule has 2 N–H and O–H groups in total. The Bertz CT molecular complexity index is 1210. The zero-order valence-corrected chi connectivity index (χ0v) is 22.6. The molecule has 2 atom stereocenters. The van der Waals surface area contributed by atoms with Gasteiger partial charge in [0.15, 0.2) is 11.9 Å². The predicted octanol–water partition coefficient (Wildman–Crippen LogP) is 4.67. The highest BCUT2D eigenvalue weighted by molar-refractivity contribution is 7.74. The summed E-state index contributed by atoms with van der Waals surface area (Å²) in [6.45, 7) is 4.75. The van der Waals surface area contributed by atoms with Gasteiger partial charge in [0.2, 0.25) is 0 Å². The number of benzene rings is 3. The van der Waals surface area contributed by atoms with Crippen molar-refractivity contribution in [1.29, 1.82) is 0 Å². The monoisotopic (exact) mass is 536 g/mol. The second kappa shape index (κ2) is 13.7. The Kier molecular flexibility index (Phi) is 10.4. The minimum absolute atomic E-state index is 0.274. The molecular weight excluding hydrogens is 503 g/mol. The van der Waals surface area contributed by atoms with Gasteiger partial charge in [-0.15, -0.1) is 0 Å². The number of hydrogen-bond donors (Lipinski definition) is 2. The molecule has 3 rings (SSSR count). The van der Waals surface area contributed by atoms with Crippen LogP contribution in [0.25, 0.3) is 0 Å². The van der Waals surface area contributed by atoms with E-state index in [2.05, 4.69) is 10.6 Å². The molecule has 200 valence electrons. The summed E-state index contributed by atoms with van der Waals surface area (Å²) in [6.07, 6.45) is -1.63. The Morgan fingerprint density at radius 2 is 1.32 bits per heavy atom. The third kappa shape index (κ3) is 7.63. The molecule has 3 aromatic rings. The molecule has 0 saturated heterocycles. The van der Waals surface area contributed by atoms with Crippen molar-refractivity contribution in [3.05, 3.63) is 91.0 Å². The van der Waals surface area contributed by atoms with Crippen LogP contribution >= 0.6 is 7.37 Å². The van der Waals surface area contributed by atoms with E-state index in [9.17, 15) is 18.9 Å². The number of carbonyl (C=O) groups excluding carboxylic acids is 3. The number of carbonyl (C=O) groups is 3. The van der Waals surface area contributed by atoms with Gasteiger partial charge < -0.3 is 14.6 Å². The summed E-state index contributed by atoms with van der Waals surface area (Å²) < 4.78 is 25.2. The molecule has 0 aromatic heterocycles. The molecule has 2 amide bonds. The minimum atomic E-state index is -3.56. The quantitative estimate of drug-likeness (QED) is 0.326. The summed E-state index contributed by atoms with van der Waals surface area (Å²) in [7, 11) is -3.56. The largest absolute Gasteiger partial charge is 0.436 e. The Labute approximate surface area is 223 Å². The van der Waals surface area contributed by atoms with Crippen LogP contribution < -0.4 is 21.2 Å². The molecule has 0 unspecified atom stereocenters. The molecule has 0 aliphatic carbocycles. The van der Waals surface area contributed by atoms with Gasteiger partial charge in [-0.2, -0.15) is 0 Å². The molecule has 0 bridgehead atoms. The molecule has 0 saturated carbocycles. The molecule has 0 fully saturated rings. The first-order valence-electron chi connectivity index (χ1n) is 12.5. The Balaban J connectivity index is 1.67. The number of anilines is 1. The number of nitrogens with one attached hydrogen (secondary N) is 2. The van der Waals surface area contributed by atoms with E-state index >= 15 is 0 Å². The lowest BCUT2D eigenvalue weighted by molar-refractivity contribution is -0.135. The fraction of sp³-hybridized carbons (Fsp3) is 0.276. The molecule has 3 aromatic carbocycles. The Hall–Kier alpha value is -3.74. The third-order valence-electron chi connectivity index (χ3n) is 5.81. The van der Waals surface area contributed by atoms with Crippen LogP contribution in [0.5, 0.6) is 0 Å². The standard InChI is InChI=1S/C29H33N2O6P/c1-4-25(31-28(33)27(21(2)3)37-29(34)30-22-14-8-5-9-15-22)26(32)20-36-38(35,23-16-10-6-11-17-23)24-18-12-7-13-19-24/h5-19,21,25,27H,4,20H2,1-3H3,(H,30,34)(H,31,33)/t25-,27-/m0/s1. The number of amides is 2. The summed E-state index contributed by atoms with van der Waals surface area (Å²) in [4.78, 5) is 38.5. The highest BCUT2D eigenvalue weighted by Gasteiger charge is 2.33. The molecule has 9 heteroatoms. The molecule has 0 heterocycles. The zero-order valence-electron chi connectivity index (χ0n) is 21.7. The Morgan fingerprint density at radius 1 is 0.816 bits per heavy atom. The van der Waals surface area contributed by atoms with Crippen molar-refractivity contribution in [3.63, 3.8) is 0 Å². The van der Waals surface area contributed by atoms with E-state index in [1.165, 1.54) is 0 Å². The molecular formula is C29H33N2O6P. The van der Waals surface area contributed by atoms with Gasteiger partial charge in [-0.1, -0.05) is 75.4 Å². The number of ketones is 1. The van der Waals surface area contributed by atoms with Crippen LogP contribution in [0.4, 0.5) is 10.5 Å². The maximum Gasteiger partial charge on any atom is 0.412 e. The number of ether oxygens (including phenoxy) is 1. The summed E-state index contributed by atoms with van der Waals surface area (Å²) in [6, 6.07) is 25.2. The van der Waals surface area contributed by atoms with Crippen LogP contribution in [-0.4, -0.2) is 36.5 Å². The van der Waals surface area contributed by atoms with Gasteiger partial charge in [-0.3, -0.25) is 19.5 Å². The van der Waals surface area contributed by atoms with E-state index in [1.807, 2.05) is 6.07 Å². The number of rotatable bonds is 12. The minimum Gasteiger partial charge on any atom is -0.436 e. The number of para-hydroxylation sites is 1. The highest BCUT2D eigenvalue weighted by Crippen LogP contribution is 2.44. The molecule has 38 heavy (non-hydrogen) atoms. The first kappa shape index (κ1) is 28.8. The van der Waals surface area contributed by atoms with Gasteiger partial charge in [0.25, 0.3) is 13.3 Å². The van der Waals surface area contributed by atoms with Crippen molar-refractivity contribution in [2.45, 2.75) is 39.3 Å². The van der Waals surface area contributed by atoms with E-state index in [4.69, 9.17) is 9.26 Å². The van der Waals surface area contributed by atoms with Gasteiger partial charge in [0, 0.05) is 16.3 Å². The lowest BCUT2D eigenvalue weighted by Gasteiger charge is -2.24. The van der Waals surface area contributed by atoms with Gasteiger partial charge in [0.05, 0.1) is 6.04 Å². The van der Waals surface area contributed by atoms with Gasteiger partial charge in [-0.25, -0.2) is 4.79 Å². The van der Waals surface area contributed by atoms with Crippen LogP contribution in [0.15, 0.2) is 91.0 Å². The normalized spacial score (nSPS) is 12.8. The van der Waals surface area contributed by atoms with Crippen molar-refractivity contribution in [3.8, 4) is 0 Å². The summed E-state index contributed by atoms with van der Waals surface area (Å²) in [5.74, 6) is -1.39. The smallest absolute Gasteiger partial charge is 0.412 e. The van der Waals surface area contributed by atoms with Crippen LogP contribution in [0.2, 0.25) is 0 Å². The van der Waals surface area contributed by atoms with Gasteiger partial charge in [0.1, 0.15) is 6.61 Å². The van der Waals surface area contributed by atoms with Crippen molar-refractivity contribution in [2.24, 2.45) is 5.92 Å². The maximum absolute atomic E-state index is 14.0. The highest BCUT2D eigenvalue weighted by atomic mass is 31.2. The summed E-state index contributed by atoms with van der Waals surface area (Å²) in [5.41, 5.74) is 0.528. The number of hydrogen-bond acceptors (Lipinski definition) is 6. The Morgan fingerprint density at radius 3 is 1.79 bits per heavy atom. The zero-order chi connectivity index (χ0) is 27.5. The molecule has 0 aliphatic heterocycles. The van der Waals surface area contributed by atoms with Crippen molar-refractivity contribution >= 4 is 41.4 Å². The molecule has 0 aliphatic rings. The average Bonchev–Trinajstić information content (AvgIpc) is 2.94. The number of Topliss-reactive ketones (excluding diaryl/α,β-unsaturated/α-hetero) is 1. The third-order valence-corrected chi connectivity index (χ3v) is 8.26. The van der Waals surface area contributed by atoms with E-state index < -0.39 is 43.9 Å². The second-order valence-electron chi connectivity index (χ2n) is 8.99. The lowest BCUT2D eigenvalue weighted by atomic mass is 10.0. The van der Waals surface area contributed by atoms with Crippen LogP contribution in [0, 0.1) is 5.92 Å². The van der Waals surface area contributed by atoms with Crippen molar-refractivity contribution < 1.29 is 28.2 Å². The van der Waals surface area contributed by atoms with E-state index in [0.29, 0.717) is 16.3 Å². The fourth-order valence-electron chi connectivity index (χ4n) is 3.74. The first-order valence-corrected chi connectivity index (χ1v) is 14.1. The van der Waals surface area contributed by atoms with Crippen LogP contribution in [0.3, 0.4) is 0 Å². The molecule has 0 spiro atoms. The van der Waals surface area contributed by atoms with Crippen molar-refractivity contribution in [2.75, 3.05) is 11.9 Å². The summed E-state index contributed by atoms with van der Waals surface area (Å²) in [5, 5.41) is 6.18. The average molecular weight is 537 g/mol. The SMILES string of the molecule is CC[C@H](NC(=O)[C@@H](OC(=O)Nc1ccccc1)C(C)C)C(=O)COP(=O)(c1ccccc1)c1ccccc1. The van der Waals surface area contributed by atoms with Crippen LogP contribution in [-0.2, 0) is 23.4 Å². The molecule has 0 radical (unpaired) electrons. The predicted molar refractivity (Wildman–Crippen MR) is 148 cm³/mol. The van der Waals surface area contributed by atoms with Gasteiger partial charge in [-0.05, 0) is 48.7 Å².